The maximum atomic E-state index is 14.9. The van der Waals surface area contributed by atoms with Crippen molar-refractivity contribution in [3.8, 4) is 11.6 Å². The van der Waals surface area contributed by atoms with Crippen molar-refractivity contribution < 1.29 is 8.81 Å². The van der Waals surface area contributed by atoms with E-state index in [1.807, 2.05) is 53.7 Å². The van der Waals surface area contributed by atoms with Crippen LogP contribution in [0.15, 0.2) is 58.7 Å². The van der Waals surface area contributed by atoms with Gasteiger partial charge >= 0.3 is 0 Å². The van der Waals surface area contributed by atoms with Crippen LogP contribution in [0.3, 0.4) is 0 Å². The maximum Gasteiger partial charge on any atom is 0.202 e. The molecule has 36 heavy (non-hydrogen) atoms. The van der Waals surface area contributed by atoms with Gasteiger partial charge in [0.2, 0.25) is 5.82 Å². The van der Waals surface area contributed by atoms with Crippen molar-refractivity contribution >= 4 is 24.2 Å². The predicted molar refractivity (Wildman–Crippen MR) is 140 cm³/mol. The number of halogens is 2. The molecule has 0 spiro atoms. The molecule has 2 unspecified atom stereocenters. The Balaban J connectivity index is 0.00000267. The normalized spacial score (nSPS) is 20.9. The van der Waals surface area contributed by atoms with E-state index in [-0.39, 0.29) is 23.6 Å². The molecule has 1 aliphatic heterocycles. The minimum Gasteiger partial charge on any atom is -0.440 e. The molecule has 0 N–H and O–H groups in total. The number of aryl methyl sites for hydroxylation is 1. The van der Waals surface area contributed by atoms with Crippen LogP contribution in [0.4, 0.5) is 4.39 Å². The summed E-state index contributed by atoms with van der Waals surface area (Å²) in [6, 6.07) is 9.86. The van der Waals surface area contributed by atoms with Crippen molar-refractivity contribution in [2.45, 2.75) is 36.9 Å². The molecular formula is C26H30ClFN6OS. The van der Waals surface area contributed by atoms with Gasteiger partial charge in [0, 0.05) is 55.8 Å². The van der Waals surface area contributed by atoms with E-state index in [2.05, 4.69) is 26.1 Å². The molecular weight excluding hydrogens is 499 g/mol. The van der Waals surface area contributed by atoms with Gasteiger partial charge in [-0.2, -0.15) is 0 Å². The lowest BCUT2D eigenvalue weighted by Gasteiger charge is -2.21. The van der Waals surface area contributed by atoms with Crippen molar-refractivity contribution in [3.05, 3.63) is 71.8 Å². The van der Waals surface area contributed by atoms with E-state index in [1.54, 1.807) is 17.8 Å². The Morgan fingerprint density at radius 2 is 2.06 bits per heavy atom. The number of hydrogen-bond donors (Lipinski definition) is 0. The lowest BCUT2D eigenvalue weighted by atomic mass is 9.93. The number of aromatic nitrogens is 5. The van der Waals surface area contributed by atoms with E-state index in [0.29, 0.717) is 24.0 Å². The van der Waals surface area contributed by atoms with Crippen LogP contribution in [0.25, 0.3) is 11.6 Å². The molecule has 0 bridgehead atoms. The summed E-state index contributed by atoms with van der Waals surface area (Å²) in [7, 11) is 1.96. The summed E-state index contributed by atoms with van der Waals surface area (Å²) < 4.78 is 24.3. The Labute approximate surface area is 220 Å². The van der Waals surface area contributed by atoms with E-state index in [4.69, 9.17) is 4.42 Å². The number of hydrogen-bond acceptors (Lipinski definition) is 6. The fraction of sp³-hybridized carbons (Fsp3) is 0.423. The number of likely N-dealkylation sites (tertiary alicyclic amines) is 1. The molecule has 2 fully saturated rings. The third-order valence-corrected chi connectivity index (χ3v) is 8.60. The van der Waals surface area contributed by atoms with Gasteiger partial charge in [0.05, 0.1) is 5.69 Å². The highest BCUT2D eigenvalue weighted by Gasteiger charge is 2.60. The Morgan fingerprint density at radius 3 is 2.81 bits per heavy atom. The Kier molecular flexibility index (Phi) is 6.98. The van der Waals surface area contributed by atoms with Crippen LogP contribution < -0.4 is 0 Å². The second-order valence-electron chi connectivity index (χ2n) is 9.79. The quantitative estimate of drug-likeness (QED) is 0.226. The van der Waals surface area contributed by atoms with Crippen molar-refractivity contribution in [2.75, 3.05) is 25.4 Å². The Hall–Kier alpha value is -2.62. The number of oxazole rings is 1. The van der Waals surface area contributed by atoms with Gasteiger partial charge in [-0.1, -0.05) is 23.9 Å². The van der Waals surface area contributed by atoms with Gasteiger partial charge in [0.1, 0.15) is 5.82 Å². The van der Waals surface area contributed by atoms with Gasteiger partial charge in [-0.25, -0.2) is 9.37 Å². The van der Waals surface area contributed by atoms with Crippen LogP contribution in [0.1, 0.15) is 29.7 Å². The predicted octanol–water partition coefficient (Wildman–Crippen LogP) is 4.94. The monoisotopic (exact) mass is 528 g/mol. The van der Waals surface area contributed by atoms with E-state index in [1.165, 1.54) is 18.4 Å². The Morgan fingerprint density at radius 1 is 1.22 bits per heavy atom. The van der Waals surface area contributed by atoms with Crippen molar-refractivity contribution in [1.29, 1.82) is 0 Å². The molecule has 7 nitrogen and oxygen atoms in total. The second-order valence-corrected chi connectivity index (χ2v) is 10.9. The molecule has 1 aromatic carbocycles. The van der Waals surface area contributed by atoms with Crippen LogP contribution in [0.2, 0.25) is 0 Å². The van der Waals surface area contributed by atoms with Crippen molar-refractivity contribution in [2.24, 2.45) is 13.0 Å². The Bertz CT molecular complexity index is 1340. The van der Waals surface area contributed by atoms with Crippen molar-refractivity contribution in [1.82, 2.24) is 29.2 Å². The average Bonchev–Trinajstić information content (AvgIpc) is 3.37. The second kappa shape index (κ2) is 10.0. The smallest absolute Gasteiger partial charge is 0.202 e. The summed E-state index contributed by atoms with van der Waals surface area (Å²) in [6.45, 7) is 5.66. The molecule has 10 heteroatoms. The lowest BCUT2D eigenvalue weighted by molar-refractivity contribution is 0.299. The summed E-state index contributed by atoms with van der Waals surface area (Å²) >= 11 is 1.72. The van der Waals surface area contributed by atoms with Crippen LogP contribution in [-0.4, -0.2) is 54.6 Å². The van der Waals surface area contributed by atoms with Crippen LogP contribution >= 0.6 is 24.2 Å². The summed E-state index contributed by atoms with van der Waals surface area (Å²) in [6.07, 6.45) is 7.62. The number of nitrogens with zero attached hydrogens (tertiary/aromatic N) is 6. The fourth-order valence-corrected chi connectivity index (χ4v) is 6.30. The number of thioether (sulfide) groups is 1. The minimum atomic E-state index is -0.0883. The topological polar surface area (TPSA) is 64.9 Å². The SMILES string of the molecule is Cc1ncoc1-c1nnc(SCCCN2CC3CC3(c3ccc(Cn4cccc4)c(F)c3)C2)n1C.Cl. The van der Waals surface area contributed by atoms with Gasteiger partial charge in [0.15, 0.2) is 17.3 Å². The molecule has 1 aliphatic carbocycles. The number of rotatable bonds is 9. The number of fused-ring (bicyclic) bond motifs is 1. The molecule has 4 aromatic rings. The molecule has 0 radical (unpaired) electrons. The highest BCUT2D eigenvalue weighted by molar-refractivity contribution is 7.99. The average molecular weight is 529 g/mol. The highest BCUT2D eigenvalue weighted by atomic mass is 35.5. The van der Waals surface area contributed by atoms with Crippen LogP contribution in [0, 0.1) is 18.7 Å². The third kappa shape index (κ3) is 4.60. The third-order valence-electron chi connectivity index (χ3n) is 7.50. The van der Waals surface area contributed by atoms with Gasteiger partial charge in [0.25, 0.3) is 0 Å². The fourth-order valence-electron chi connectivity index (χ4n) is 5.47. The van der Waals surface area contributed by atoms with Crippen molar-refractivity contribution in [3.63, 3.8) is 0 Å². The van der Waals surface area contributed by atoms with Gasteiger partial charge < -0.3 is 18.5 Å². The first-order chi connectivity index (χ1) is 17.0. The summed E-state index contributed by atoms with van der Waals surface area (Å²) in [5.41, 5.74) is 2.88. The van der Waals surface area contributed by atoms with Gasteiger partial charge in [-0.15, -0.1) is 22.6 Å². The zero-order chi connectivity index (χ0) is 24.0. The number of benzene rings is 1. The van der Waals surface area contributed by atoms with E-state index in [9.17, 15) is 4.39 Å². The minimum absolute atomic E-state index is 0. The van der Waals surface area contributed by atoms with Crippen LogP contribution in [-0.2, 0) is 19.0 Å². The molecule has 0 amide bonds. The molecule has 1 saturated carbocycles. The maximum absolute atomic E-state index is 14.9. The molecule has 2 aliphatic rings. The lowest BCUT2D eigenvalue weighted by Crippen LogP contribution is -2.28. The van der Waals surface area contributed by atoms with Gasteiger partial charge in [-0.3, -0.25) is 0 Å². The number of piperidine rings is 1. The molecule has 1 saturated heterocycles. The molecule has 190 valence electrons. The standard InChI is InChI=1S/C26H29FN6OS.ClH/c1-18-23(34-17-28-18)24-29-30-25(31(24)2)35-11-5-10-33-15-21-13-26(21,16-33)20-7-6-19(22(27)12-20)14-32-8-3-4-9-32;/h3-4,6-9,12,17,21H,5,10-11,13-16H2,1-2H3;1H. The molecule has 3 aromatic heterocycles. The largest absolute Gasteiger partial charge is 0.440 e. The summed E-state index contributed by atoms with van der Waals surface area (Å²) in [5, 5.41) is 9.49. The first-order valence-corrected chi connectivity index (χ1v) is 13.1. The first kappa shape index (κ1) is 25.0. The van der Waals surface area contributed by atoms with Crippen LogP contribution in [0.5, 0.6) is 0 Å². The molecule has 4 heterocycles. The molecule has 6 rings (SSSR count). The van der Waals surface area contributed by atoms with E-state index < -0.39 is 0 Å². The summed E-state index contributed by atoms with van der Waals surface area (Å²) in [5.74, 6) is 2.90. The zero-order valence-corrected chi connectivity index (χ0v) is 22.1. The molecule has 2 atom stereocenters. The first-order valence-electron chi connectivity index (χ1n) is 12.1. The van der Waals surface area contributed by atoms with E-state index in [0.717, 1.165) is 48.2 Å². The van der Waals surface area contributed by atoms with Gasteiger partial charge in [-0.05, 0) is 56.0 Å². The zero-order valence-electron chi connectivity index (χ0n) is 20.4. The summed E-state index contributed by atoms with van der Waals surface area (Å²) in [4.78, 5) is 6.68. The van der Waals surface area contributed by atoms with E-state index >= 15 is 0 Å². The highest BCUT2D eigenvalue weighted by Crippen LogP contribution is 2.59.